The maximum atomic E-state index is 12.3. The summed E-state index contributed by atoms with van der Waals surface area (Å²) in [4.78, 5) is 16.3. The van der Waals surface area contributed by atoms with Crippen molar-refractivity contribution in [3.63, 3.8) is 0 Å². The van der Waals surface area contributed by atoms with Crippen LogP contribution in [0.2, 0.25) is 0 Å². The Balaban J connectivity index is 2.06. The summed E-state index contributed by atoms with van der Waals surface area (Å²) < 4.78 is 5.22. The van der Waals surface area contributed by atoms with Gasteiger partial charge in [0.25, 0.3) is 0 Å². The Hall–Kier alpha value is -2.82. The topological polar surface area (TPSA) is 56.6 Å². The van der Waals surface area contributed by atoms with Gasteiger partial charge < -0.3 is 14.5 Å². The molecule has 2 aromatic rings. The normalized spacial score (nSPS) is 16.6. The smallest absolute Gasteiger partial charge is 0.307 e. The molecule has 1 atom stereocenters. The average Bonchev–Trinajstić information content (AvgIpc) is 2.91. The quantitative estimate of drug-likeness (QED) is 0.777. The van der Waals surface area contributed by atoms with Gasteiger partial charge in [0.1, 0.15) is 0 Å². The summed E-state index contributed by atoms with van der Waals surface area (Å²) in [5.74, 6) is 0.184. The summed E-state index contributed by atoms with van der Waals surface area (Å²) in [6, 6.07) is 12.2. The molecule has 0 saturated carbocycles. The molecule has 148 valence electrons. The molecule has 5 nitrogen and oxygen atoms in total. The van der Waals surface area contributed by atoms with Crippen molar-refractivity contribution < 1.29 is 9.53 Å². The first kappa shape index (κ1) is 19.9. The fourth-order valence-electron chi connectivity index (χ4n) is 4.15. The SMILES string of the molecule is CCOC(=O)CC1CN(c2c(C)cccc2C)C(=N)N1c1c(C)cccc1C. The van der Waals surface area contributed by atoms with Crippen molar-refractivity contribution in [3.05, 3.63) is 58.7 Å². The van der Waals surface area contributed by atoms with Gasteiger partial charge in [-0.2, -0.15) is 0 Å². The minimum Gasteiger partial charge on any atom is -0.466 e. The second-order valence-electron chi connectivity index (χ2n) is 7.45. The van der Waals surface area contributed by atoms with Gasteiger partial charge in [0, 0.05) is 17.9 Å². The van der Waals surface area contributed by atoms with Crippen LogP contribution in [0.4, 0.5) is 11.4 Å². The van der Waals surface area contributed by atoms with E-state index < -0.39 is 0 Å². The Morgan fingerprint density at radius 1 is 1.00 bits per heavy atom. The molecule has 0 radical (unpaired) electrons. The number of hydrogen-bond donors (Lipinski definition) is 1. The molecule has 0 spiro atoms. The van der Waals surface area contributed by atoms with Crippen molar-refractivity contribution in [2.75, 3.05) is 23.0 Å². The third-order valence-corrected chi connectivity index (χ3v) is 5.34. The van der Waals surface area contributed by atoms with Crippen LogP contribution in [0.25, 0.3) is 0 Å². The number of para-hydroxylation sites is 2. The van der Waals surface area contributed by atoms with Crippen LogP contribution >= 0.6 is 0 Å². The number of guanidine groups is 1. The highest BCUT2D eigenvalue weighted by Gasteiger charge is 2.39. The van der Waals surface area contributed by atoms with Crippen LogP contribution in [0, 0.1) is 33.1 Å². The van der Waals surface area contributed by atoms with Gasteiger partial charge in [-0.3, -0.25) is 10.2 Å². The molecule has 0 aliphatic carbocycles. The van der Waals surface area contributed by atoms with E-state index in [4.69, 9.17) is 10.1 Å². The number of esters is 1. The van der Waals surface area contributed by atoms with Crippen molar-refractivity contribution in [2.24, 2.45) is 0 Å². The largest absolute Gasteiger partial charge is 0.466 e. The molecule has 0 aromatic heterocycles. The van der Waals surface area contributed by atoms with E-state index in [1.165, 1.54) is 0 Å². The Kier molecular flexibility index (Phi) is 5.73. The summed E-state index contributed by atoms with van der Waals surface area (Å²) in [5.41, 5.74) is 6.51. The second kappa shape index (κ2) is 8.05. The van der Waals surface area contributed by atoms with Crippen LogP contribution in [-0.4, -0.2) is 31.1 Å². The molecule has 3 rings (SSSR count). The highest BCUT2D eigenvalue weighted by Crippen LogP contribution is 2.36. The Labute approximate surface area is 167 Å². The standard InChI is InChI=1S/C23H29N3O2/c1-6-28-20(27)13-19-14-25(21-15(2)9-7-10-16(21)3)23(24)26(19)22-17(4)11-8-12-18(22)5/h7-12,19,24H,6,13-14H2,1-5H3. The number of benzene rings is 2. The first-order valence-corrected chi connectivity index (χ1v) is 9.78. The molecule has 2 aromatic carbocycles. The lowest BCUT2D eigenvalue weighted by Crippen LogP contribution is -2.38. The van der Waals surface area contributed by atoms with Crippen molar-refractivity contribution in [1.82, 2.24) is 0 Å². The molecule has 1 N–H and O–H groups in total. The first-order chi connectivity index (χ1) is 13.3. The van der Waals surface area contributed by atoms with E-state index >= 15 is 0 Å². The first-order valence-electron chi connectivity index (χ1n) is 9.78. The maximum absolute atomic E-state index is 12.3. The van der Waals surface area contributed by atoms with Crippen molar-refractivity contribution in [2.45, 2.75) is 47.1 Å². The van der Waals surface area contributed by atoms with E-state index in [0.29, 0.717) is 19.1 Å². The Morgan fingerprint density at radius 2 is 1.50 bits per heavy atom. The molecule has 1 heterocycles. The van der Waals surface area contributed by atoms with Gasteiger partial charge in [0.15, 0.2) is 0 Å². The van der Waals surface area contributed by atoms with Crippen LogP contribution in [0.5, 0.6) is 0 Å². The molecule has 0 amide bonds. The number of anilines is 2. The number of nitrogens with one attached hydrogen (secondary N) is 1. The molecule has 28 heavy (non-hydrogen) atoms. The molecule has 5 heteroatoms. The van der Waals surface area contributed by atoms with Gasteiger partial charge in [0.05, 0.1) is 19.1 Å². The van der Waals surface area contributed by atoms with Gasteiger partial charge >= 0.3 is 5.97 Å². The van der Waals surface area contributed by atoms with Gasteiger partial charge in [-0.1, -0.05) is 36.4 Å². The molecular formula is C23H29N3O2. The molecule has 1 aliphatic rings. The van der Waals surface area contributed by atoms with Crippen LogP contribution in [0.1, 0.15) is 35.6 Å². The Morgan fingerprint density at radius 3 is 2.00 bits per heavy atom. The van der Waals surface area contributed by atoms with Crippen molar-refractivity contribution in [1.29, 1.82) is 5.41 Å². The third-order valence-electron chi connectivity index (χ3n) is 5.34. The molecule has 1 aliphatic heterocycles. The lowest BCUT2D eigenvalue weighted by atomic mass is 10.1. The maximum Gasteiger partial charge on any atom is 0.307 e. The van der Waals surface area contributed by atoms with E-state index in [2.05, 4.69) is 52.0 Å². The van der Waals surface area contributed by atoms with Crippen LogP contribution < -0.4 is 9.80 Å². The van der Waals surface area contributed by atoms with E-state index in [0.717, 1.165) is 33.6 Å². The molecular weight excluding hydrogens is 350 g/mol. The van der Waals surface area contributed by atoms with E-state index in [1.807, 2.05) is 28.9 Å². The number of rotatable bonds is 5. The van der Waals surface area contributed by atoms with Gasteiger partial charge in [-0.05, 0) is 56.9 Å². The number of carbonyl (C=O) groups is 1. The van der Waals surface area contributed by atoms with Crippen molar-refractivity contribution >= 4 is 23.3 Å². The summed E-state index contributed by atoms with van der Waals surface area (Å²) in [7, 11) is 0. The summed E-state index contributed by atoms with van der Waals surface area (Å²) >= 11 is 0. The predicted molar refractivity (Wildman–Crippen MR) is 114 cm³/mol. The number of carbonyl (C=O) groups excluding carboxylic acids is 1. The summed E-state index contributed by atoms with van der Waals surface area (Å²) in [6.45, 7) is 11.0. The zero-order valence-electron chi connectivity index (χ0n) is 17.4. The minimum absolute atomic E-state index is 0.148. The molecule has 1 saturated heterocycles. The van der Waals surface area contributed by atoms with Crippen LogP contribution in [0.3, 0.4) is 0 Å². The molecule has 1 unspecified atom stereocenters. The van der Waals surface area contributed by atoms with Gasteiger partial charge in [-0.15, -0.1) is 0 Å². The zero-order chi connectivity index (χ0) is 20.4. The monoisotopic (exact) mass is 379 g/mol. The number of nitrogens with zero attached hydrogens (tertiary/aromatic N) is 2. The van der Waals surface area contributed by atoms with E-state index in [9.17, 15) is 4.79 Å². The highest BCUT2D eigenvalue weighted by molar-refractivity contribution is 6.10. The summed E-state index contributed by atoms with van der Waals surface area (Å²) in [5, 5.41) is 9.00. The third kappa shape index (κ3) is 3.61. The predicted octanol–water partition coefficient (Wildman–Crippen LogP) is 4.50. The number of ether oxygens (including phenoxy) is 1. The van der Waals surface area contributed by atoms with Crippen LogP contribution in [0.15, 0.2) is 36.4 Å². The van der Waals surface area contributed by atoms with E-state index in [1.54, 1.807) is 0 Å². The highest BCUT2D eigenvalue weighted by atomic mass is 16.5. The molecule has 0 bridgehead atoms. The second-order valence-corrected chi connectivity index (χ2v) is 7.45. The van der Waals surface area contributed by atoms with Gasteiger partial charge in [-0.25, -0.2) is 0 Å². The fourth-order valence-corrected chi connectivity index (χ4v) is 4.15. The van der Waals surface area contributed by atoms with E-state index in [-0.39, 0.29) is 18.4 Å². The minimum atomic E-state index is -0.222. The van der Waals surface area contributed by atoms with Gasteiger partial charge in [0.2, 0.25) is 5.96 Å². The zero-order valence-corrected chi connectivity index (χ0v) is 17.4. The molecule has 1 fully saturated rings. The number of hydrogen-bond acceptors (Lipinski definition) is 3. The van der Waals surface area contributed by atoms with Crippen LogP contribution in [-0.2, 0) is 9.53 Å². The lowest BCUT2D eigenvalue weighted by molar-refractivity contribution is -0.143. The summed E-state index contributed by atoms with van der Waals surface area (Å²) in [6.07, 6.45) is 0.255. The van der Waals surface area contributed by atoms with Crippen molar-refractivity contribution in [3.8, 4) is 0 Å². The lowest BCUT2D eigenvalue weighted by Gasteiger charge is -2.28. The average molecular weight is 380 g/mol. The fraction of sp³-hybridized carbons (Fsp3) is 0.391. The Bertz CT molecular complexity index is 866. The number of aryl methyl sites for hydroxylation is 4.